The molecule has 0 amide bonds. The van der Waals surface area contributed by atoms with Crippen molar-refractivity contribution in [1.82, 2.24) is 0 Å². The first-order valence-corrected chi connectivity index (χ1v) is 8.27. The van der Waals surface area contributed by atoms with Crippen LogP contribution >= 0.6 is 0 Å². The van der Waals surface area contributed by atoms with Crippen molar-refractivity contribution in [2.45, 2.75) is 65.7 Å². The number of rotatable bonds is 9. The molecule has 0 aliphatic rings. The van der Waals surface area contributed by atoms with Crippen LogP contribution < -0.4 is 0 Å². The van der Waals surface area contributed by atoms with Crippen molar-refractivity contribution < 1.29 is 14.3 Å². The van der Waals surface area contributed by atoms with Crippen molar-refractivity contribution in [3.63, 3.8) is 0 Å². The number of carbonyl (C=O) groups excluding carboxylic acids is 2. The van der Waals surface area contributed by atoms with E-state index >= 15 is 0 Å². The number of aryl methyl sites for hydroxylation is 2. The van der Waals surface area contributed by atoms with Crippen molar-refractivity contribution in [3.8, 4) is 0 Å². The van der Waals surface area contributed by atoms with E-state index < -0.39 is 11.9 Å². The molecule has 1 unspecified atom stereocenters. The van der Waals surface area contributed by atoms with Crippen LogP contribution in [0.4, 0.5) is 0 Å². The summed E-state index contributed by atoms with van der Waals surface area (Å²) in [4.78, 5) is 24.0. The molecule has 0 fully saturated rings. The zero-order valence-electron chi connectivity index (χ0n) is 14.3. The number of ether oxygens (including phenoxy) is 1. The Kier molecular flexibility index (Phi) is 7.86. The Morgan fingerprint density at radius 2 is 1.86 bits per heavy atom. The lowest BCUT2D eigenvalue weighted by molar-refractivity contribution is -0.147. The third-order valence-corrected chi connectivity index (χ3v) is 3.90. The fourth-order valence-electron chi connectivity index (χ4n) is 2.65. The smallest absolute Gasteiger partial charge is 0.320 e. The molecule has 22 heavy (non-hydrogen) atoms. The lowest BCUT2D eigenvalue weighted by atomic mass is 9.89. The molecule has 122 valence electrons. The van der Waals surface area contributed by atoms with Crippen LogP contribution in [0.15, 0.2) is 18.2 Å². The van der Waals surface area contributed by atoms with Crippen LogP contribution in [0.5, 0.6) is 0 Å². The Morgan fingerprint density at radius 1 is 1.14 bits per heavy atom. The van der Waals surface area contributed by atoms with Crippen molar-refractivity contribution in [2.75, 3.05) is 6.61 Å². The zero-order chi connectivity index (χ0) is 16.5. The molecule has 0 aliphatic heterocycles. The zero-order valence-corrected chi connectivity index (χ0v) is 14.3. The van der Waals surface area contributed by atoms with Crippen LogP contribution in [0.2, 0.25) is 0 Å². The summed E-state index contributed by atoms with van der Waals surface area (Å²) in [6, 6.07) is 6.09. The summed E-state index contributed by atoms with van der Waals surface area (Å²) in [7, 11) is 0. The van der Waals surface area contributed by atoms with Crippen LogP contribution in [0.1, 0.15) is 69.1 Å². The summed E-state index contributed by atoms with van der Waals surface area (Å²) in [5.74, 6) is -1.40. The Balaban J connectivity index is 2.94. The third-order valence-electron chi connectivity index (χ3n) is 3.90. The maximum absolute atomic E-state index is 12.1. The van der Waals surface area contributed by atoms with E-state index in [0.717, 1.165) is 24.0 Å². The fraction of sp³-hybridized carbons (Fsp3) is 0.579. The molecule has 0 saturated carbocycles. The molecule has 1 aromatic rings. The summed E-state index contributed by atoms with van der Waals surface area (Å²) >= 11 is 0. The minimum atomic E-state index is -0.796. The number of Topliss-reactive ketones (excluding diaryl/α,β-unsaturated/α-hetero) is 1. The van der Waals surface area contributed by atoms with E-state index in [1.165, 1.54) is 31.7 Å². The summed E-state index contributed by atoms with van der Waals surface area (Å²) < 4.78 is 5.07. The fourth-order valence-corrected chi connectivity index (χ4v) is 2.65. The molecule has 0 spiro atoms. The maximum Gasteiger partial charge on any atom is 0.320 e. The van der Waals surface area contributed by atoms with Crippen molar-refractivity contribution >= 4 is 11.8 Å². The van der Waals surface area contributed by atoms with Crippen molar-refractivity contribution in [3.05, 3.63) is 34.9 Å². The minimum Gasteiger partial charge on any atom is -0.465 e. The van der Waals surface area contributed by atoms with Gasteiger partial charge in [-0.05, 0) is 50.3 Å². The lowest BCUT2D eigenvalue weighted by Gasteiger charge is -2.16. The van der Waals surface area contributed by atoms with Gasteiger partial charge in [0.15, 0.2) is 0 Å². The highest BCUT2D eigenvalue weighted by molar-refractivity contribution is 6.03. The second kappa shape index (κ2) is 9.39. The maximum atomic E-state index is 12.1. The second-order valence-corrected chi connectivity index (χ2v) is 5.80. The van der Waals surface area contributed by atoms with Gasteiger partial charge in [-0.1, -0.05) is 44.4 Å². The molecule has 0 aliphatic carbocycles. The normalized spacial score (nSPS) is 12.0. The quantitative estimate of drug-likeness (QED) is 0.387. The second-order valence-electron chi connectivity index (χ2n) is 5.80. The first-order valence-electron chi connectivity index (χ1n) is 8.27. The van der Waals surface area contributed by atoms with E-state index in [-0.39, 0.29) is 5.78 Å². The van der Waals surface area contributed by atoms with E-state index in [1.807, 2.05) is 19.1 Å². The van der Waals surface area contributed by atoms with Gasteiger partial charge in [0.1, 0.15) is 11.7 Å². The molecule has 1 rings (SSSR count). The van der Waals surface area contributed by atoms with Crippen LogP contribution in [-0.4, -0.2) is 18.4 Å². The molecule has 0 bridgehead atoms. The van der Waals surface area contributed by atoms with E-state index in [1.54, 1.807) is 6.92 Å². The summed E-state index contributed by atoms with van der Waals surface area (Å²) in [6.45, 7) is 7.63. The van der Waals surface area contributed by atoms with Crippen LogP contribution in [-0.2, 0) is 20.7 Å². The highest BCUT2D eigenvalue weighted by Crippen LogP contribution is 2.25. The van der Waals surface area contributed by atoms with Gasteiger partial charge >= 0.3 is 5.97 Å². The molecule has 0 radical (unpaired) electrons. The molecular weight excluding hydrogens is 276 g/mol. The molecule has 0 saturated heterocycles. The average molecular weight is 304 g/mol. The number of ketones is 1. The predicted octanol–water partition coefficient (Wildman–Crippen LogP) is 4.35. The van der Waals surface area contributed by atoms with Gasteiger partial charge in [0.2, 0.25) is 0 Å². The molecule has 0 N–H and O–H groups in total. The molecule has 0 heterocycles. The number of esters is 1. The SMILES string of the molecule is CCCCCCc1ccc(C)c(C(C(C)=O)C(=O)OCC)c1. The summed E-state index contributed by atoms with van der Waals surface area (Å²) in [6.07, 6.45) is 5.81. The Hall–Kier alpha value is -1.64. The highest BCUT2D eigenvalue weighted by Gasteiger charge is 2.28. The third kappa shape index (κ3) is 5.28. The lowest BCUT2D eigenvalue weighted by Crippen LogP contribution is -2.23. The molecule has 3 nitrogen and oxygen atoms in total. The first-order chi connectivity index (χ1) is 10.5. The number of unbranched alkanes of at least 4 members (excludes halogenated alkanes) is 3. The monoisotopic (exact) mass is 304 g/mol. The Morgan fingerprint density at radius 3 is 2.45 bits per heavy atom. The number of carbonyl (C=O) groups is 2. The van der Waals surface area contributed by atoms with Gasteiger partial charge in [0.05, 0.1) is 6.61 Å². The van der Waals surface area contributed by atoms with Gasteiger partial charge in [0, 0.05) is 0 Å². The first kappa shape index (κ1) is 18.4. The Bertz CT molecular complexity index is 505. The molecule has 1 aromatic carbocycles. The van der Waals surface area contributed by atoms with Crippen molar-refractivity contribution in [2.24, 2.45) is 0 Å². The topological polar surface area (TPSA) is 43.4 Å². The van der Waals surface area contributed by atoms with Crippen LogP contribution in [0, 0.1) is 6.92 Å². The number of benzene rings is 1. The summed E-state index contributed by atoms with van der Waals surface area (Å²) in [5, 5.41) is 0. The van der Waals surface area contributed by atoms with Gasteiger partial charge < -0.3 is 4.74 Å². The van der Waals surface area contributed by atoms with E-state index in [4.69, 9.17) is 4.74 Å². The number of hydrogen-bond acceptors (Lipinski definition) is 3. The molecule has 3 heteroatoms. The van der Waals surface area contributed by atoms with Crippen LogP contribution in [0.3, 0.4) is 0 Å². The minimum absolute atomic E-state index is 0.162. The molecule has 0 aromatic heterocycles. The van der Waals surface area contributed by atoms with Crippen molar-refractivity contribution in [1.29, 1.82) is 0 Å². The van der Waals surface area contributed by atoms with Gasteiger partial charge in [-0.3, -0.25) is 9.59 Å². The van der Waals surface area contributed by atoms with E-state index in [9.17, 15) is 9.59 Å². The van der Waals surface area contributed by atoms with Gasteiger partial charge in [0.25, 0.3) is 0 Å². The van der Waals surface area contributed by atoms with E-state index in [0.29, 0.717) is 6.61 Å². The largest absolute Gasteiger partial charge is 0.465 e. The average Bonchev–Trinajstić information content (AvgIpc) is 2.46. The summed E-state index contributed by atoms with van der Waals surface area (Å²) in [5.41, 5.74) is 2.94. The van der Waals surface area contributed by atoms with Gasteiger partial charge in [-0.25, -0.2) is 0 Å². The highest BCUT2D eigenvalue weighted by atomic mass is 16.5. The van der Waals surface area contributed by atoms with Gasteiger partial charge in [-0.2, -0.15) is 0 Å². The molecule has 1 atom stereocenters. The molecular formula is C19H28O3. The van der Waals surface area contributed by atoms with Gasteiger partial charge in [-0.15, -0.1) is 0 Å². The van der Waals surface area contributed by atoms with E-state index in [2.05, 4.69) is 13.0 Å². The standard InChI is InChI=1S/C19H28O3/c1-5-7-8-9-10-16-12-11-14(3)17(13-16)18(15(4)20)19(21)22-6-2/h11-13,18H,5-10H2,1-4H3. The van der Waals surface area contributed by atoms with Crippen LogP contribution in [0.25, 0.3) is 0 Å². The Labute approximate surface area is 134 Å². The predicted molar refractivity (Wildman–Crippen MR) is 89.1 cm³/mol. The number of hydrogen-bond donors (Lipinski definition) is 0.